The Morgan fingerprint density at radius 2 is 1.55 bits per heavy atom. The standard InChI is InChI=1S/C4H7N3.C3H5N3.C2H7N3.C2H3N.4CH4.CH3.W.2Y/c1-4-5-3-7(2)6-4;1-3-4-2-5-6-3;1-2(3)5-4;1-2-3;;;;;;;;/h3H,1-2H3;2H,1H3,(H,4,5,6);4H2,1H3,(H2,3,5);1H3;4*1H4;1H3;;;/q;;;;;;;;-1;;;. The van der Waals surface area contributed by atoms with Crippen molar-refractivity contribution < 1.29 is 86.5 Å². The topological polar surface area (TPSA) is 160 Å². The minimum absolute atomic E-state index is 0. The monoisotopic (exact) mass is 735 g/mol. The van der Waals surface area contributed by atoms with Crippen LogP contribution in [0.1, 0.15) is 55.2 Å². The number of rotatable bonds is 0. The number of aromatic nitrogens is 6. The van der Waals surface area contributed by atoms with Crippen molar-refractivity contribution in [2.45, 2.75) is 57.4 Å². The van der Waals surface area contributed by atoms with Crippen LogP contribution in [0.5, 0.6) is 0 Å². The third kappa shape index (κ3) is 58.4. The zero-order valence-corrected chi connectivity index (χ0v) is 24.1. The number of hydrogen-bond donors (Lipinski definition) is 3. The third-order valence-corrected chi connectivity index (χ3v) is 1.45. The van der Waals surface area contributed by atoms with Crippen molar-refractivity contribution >= 4 is 5.84 Å². The first-order valence-electron chi connectivity index (χ1n) is 5.82. The average Bonchev–Trinajstić information content (AvgIpc) is 3.03. The van der Waals surface area contributed by atoms with Crippen molar-refractivity contribution in [2.75, 3.05) is 0 Å². The molecule has 0 aliphatic rings. The maximum Gasteiger partial charge on any atom is 0.147 e. The first-order valence-corrected chi connectivity index (χ1v) is 5.82. The fourth-order valence-electron chi connectivity index (χ4n) is 0.714. The van der Waals surface area contributed by atoms with E-state index in [9.17, 15) is 0 Å². The third-order valence-electron chi connectivity index (χ3n) is 1.45. The summed E-state index contributed by atoms with van der Waals surface area (Å²) >= 11 is 0. The second kappa shape index (κ2) is 46.2. The molecule has 0 spiro atoms. The Balaban J connectivity index is -0.0000000195. The summed E-state index contributed by atoms with van der Waals surface area (Å²) in [6, 6.07) is 1.75. The summed E-state index contributed by atoms with van der Waals surface area (Å²) in [5.41, 5.74) is 4.92. The number of hydrazone groups is 1. The van der Waals surface area contributed by atoms with E-state index < -0.39 is 0 Å². The van der Waals surface area contributed by atoms with Gasteiger partial charge in [-0.3, -0.25) is 9.78 Å². The maximum atomic E-state index is 7.32. The number of nitrogens with one attached hydrogen (secondary N) is 1. The molecule has 2 aromatic rings. The number of nitriles is 1. The number of aryl methyl sites for hydroxylation is 3. The summed E-state index contributed by atoms with van der Waals surface area (Å²) in [5, 5.41) is 20.5. The van der Waals surface area contributed by atoms with Gasteiger partial charge >= 0.3 is 0 Å². The molecule has 0 saturated carbocycles. The summed E-state index contributed by atoms with van der Waals surface area (Å²) < 4.78 is 1.68. The fourth-order valence-corrected chi connectivity index (χ4v) is 0.714. The minimum Gasteiger partial charge on any atom is -0.386 e. The zero-order chi connectivity index (χ0) is 16.7. The Labute approximate surface area is 243 Å². The van der Waals surface area contributed by atoms with Crippen LogP contribution < -0.4 is 11.6 Å². The second-order valence-electron chi connectivity index (χ2n) is 3.53. The smallest absolute Gasteiger partial charge is 0.147 e. The van der Waals surface area contributed by atoms with Gasteiger partial charge in [0.2, 0.25) is 0 Å². The average molecular weight is 735 g/mol. The van der Waals surface area contributed by atoms with Crippen LogP contribution in [-0.2, 0) is 93.5 Å². The molecule has 5 N–H and O–H groups in total. The second-order valence-corrected chi connectivity index (χ2v) is 3.53. The SMILES string of the molecule is C.C.C.C.C/C(N)=N\N.CC#N.Cc1ncn(C)n1.Cc1ncn[nH]1.[CH3-].[W].[Y].[Y]. The molecule has 2 rings (SSSR count). The van der Waals surface area contributed by atoms with Crippen LogP contribution in [-0.4, -0.2) is 35.8 Å². The number of hydrogen-bond acceptors (Lipinski definition) is 7. The Morgan fingerprint density at radius 3 is 1.62 bits per heavy atom. The quantitative estimate of drug-likeness (QED) is 0.123. The van der Waals surface area contributed by atoms with Crippen LogP contribution in [0.3, 0.4) is 0 Å². The van der Waals surface area contributed by atoms with E-state index in [-0.39, 0.29) is 124 Å². The zero-order valence-electron chi connectivity index (χ0n) is 15.5. The normalized spacial score (nSPS) is 6.41. The van der Waals surface area contributed by atoms with Crippen LogP contribution in [0.25, 0.3) is 0 Å². The molecule has 0 fully saturated rings. The van der Waals surface area contributed by atoms with E-state index in [4.69, 9.17) is 11.0 Å². The Kier molecular flexibility index (Phi) is 100. The molecule has 10 nitrogen and oxygen atoms in total. The van der Waals surface area contributed by atoms with Gasteiger partial charge in [0.1, 0.15) is 30.1 Å². The van der Waals surface area contributed by atoms with Gasteiger partial charge < -0.3 is 19.0 Å². The molecule has 13 heteroatoms. The van der Waals surface area contributed by atoms with Crippen molar-refractivity contribution in [1.29, 1.82) is 5.26 Å². The first-order chi connectivity index (χ1) is 9.87. The molecule has 2 aromatic heterocycles. The van der Waals surface area contributed by atoms with Crippen molar-refractivity contribution in [2.24, 2.45) is 23.7 Å². The molecule has 0 aliphatic carbocycles. The van der Waals surface area contributed by atoms with Gasteiger partial charge in [0, 0.05) is 100 Å². The molecule has 0 aromatic carbocycles. The van der Waals surface area contributed by atoms with Gasteiger partial charge in [-0.05, 0) is 20.8 Å². The maximum absolute atomic E-state index is 7.32. The van der Waals surface area contributed by atoms with E-state index in [2.05, 4.69) is 36.2 Å². The largest absolute Gasteiger partial charge is 0.386 e. The van der Waals surface area contributed by atoms with Crippen molar-refractivity contribution in [3.05, 3.63) is 31.7 Å². The van der Waals surface area contributed by atoms with Crippen LogP contribution in [0.15, 0.2) is 17.8 Å². The van der Waals surface area contributed by atoms with Gasteiger partial charge in [-0.1, -0.05) is 29.7 Å². The van der Waals surface area contributed by atoms with Gasteiger partial charge in [-0.2, -0.15) is 20.6 Å². The summed E-state index contributed by atoms with van der Waals surface area (Å²) in [5.74, 6) is 6.72. The van der Waals surface area contributed by atoms with Gasteiger partial charge in [-0.15, -0.1) is 0 Å². The minimum atomic E-state index is 0. The van der Waals surface area contributed by atoms with Gasteiger partial charge in [-0.25, -0.2) is 9.97 Å². The molecule has 0 amide bonds. The van der Waals surface area contributed by atoms with Gasteiger partial charge in [0.05, 0.1) is 6.07 Å². The fraction of sp³-hybridized carbons (Fsp3) is 0.562. The molecule has 0 aliphatic heterocycles. The van der Waals surface area contributed by atoms with Gasteiger partial charge in [0.15, 0.2) is 0 Å². The summed E-state index contributed by atoms with van der Waals surface area (Å²) in [6.45, 7) is 6.77. The molecular formula is C16H41N10WY2-. The van der Waals surface area contributed by atoms with Gasteiger partial charge in [0.25, 0.3) is 0 Å². The summed E-state index contributed by atoms with van der Waals surface area (Å²) in [4.78, 5) is 7.62. The first kappa shape index (κ1) is 63.0. The molecule has 168 valence electrons. The Bertz CT molecular complexity index is 520. The molecule has 0 atom stereocenters. The number of H-pyrrole nitrogens is 1. The van der Waals surface area contributed by atoms with Crippen LogP contribution in [0.4, 0.5) is 0 Å². The molecule has 0 unspecified atom stereocenters. The Hall–Kier alpha value is -0.0639. The predicted octanol–water partition coefficient (Wildman–Crippen LogP) is 2.99. The Morgan fingerprint density at radius 1 is 1.17 bits per heavy atom. The van der Waals surface area contributed by atoms with E-state index in [1.54, 1.807) is 24.0 Å². The van der Waals surface area contributed by atoms with Crippen LogP contribution in [0, 0.1) is 32.6 Å². The molecule has 29 heavy (non-hydrogen) atoms. The van der Waals surface area contributed by atoms with E-state index in [1.807, 2.05) is 20.9 Å². The summed E-state index contributed by atoms with van der Waals surface area (Å²) in [7, 11) is 1.85. The number of nitrogens with zero attached hydrogens (tertiary/aromatic N) is 7. The molecule has 0 saturated heterocycles. The van der Waals surface area contributed by atoms with E-state index in [1.165, 1.54) is 13.3 Å². The molecular weight excluding hydrogens is 694 g/mol. The van der Waals surface area contributed by atoms with Crippen molar-refractivity contribution in [3.8, 4) is 6.07 Å². The molecule has 0 bridgehead atoms. The van der Waals surface area contributed by atoms with E-state index in [0.29, 0.717) is 5.84 Å². The van der Waals surface area contributed by atoms with Crippen LogP contribution in [0.2, 0.25) is 0 Å². The summed E-state index contributed by atoms with van der Waals surface area (Å²) in [6.07, 6.45) is 3.16. The molecule has 2 radical (unpaired) electrons. The predicted molar refractivity (Wildman–Crippen MR) is 113 cm³/mol. The van der Waals surface area contributed by atoms with Crippen molar-refractivity contribution in [1.82, 2.24) is 29.9 Å². The number of amidine groups is 1. The van der Waals surface area contributed by atoms with Crippen molar-refractivity contribution in [3.63, 3.8) is 0 Å². The number of nitrogens with two attached hydrogens (primary N) is 2. The number of aromatic amines is 1. The van der Waals surface area contributed by atoms with E-state index >= 15 is 0 Å². The van der Waals surface area contributed by atoms with Crippen LogP contribution >= 0.6 is 0 Å². The van der Waals surface area contributed by atoms with E-state index in [0.717, 1.165) is 11.6 Å². The molecule has 2 heterocycles.